The predicted molar refractivity (Wildman–Crippen MR) is 133 cm³/mol. The molecular weight excluding hydrogens is 524 g/mol. The van der Waals surface area contributed by atoms with Gasteiger partial charge < -0.3 is 0 Å². The van der Waals surface area contributed by atoms with Gasteiger partial charge in [0.1, 0.15) is 5.82 Å². The molecule has 176 valence electrons. The molecule has 0 saturated carbocycles. The number of aromatic nitrogens is 2. The molecule has 0 saturated heterocycles. The van der Waals surface area contributed by atoms with Gasteiger partial charge in [0, 0.05) is 22.3 Å². The first-order chi connectivity index (χ1) is 16.1. The van der Waals surface area contributed by atoms with Crippen LogP contribution < -0.4 is 0 Å². The molecule has 4 rings (SSSR count). The highest BCUT2D eigenvalue weighted by molar-refractivity contribution is 7.98. The lowest BCUT2D eigenvalue weighted by molar-refractivity contribution is 0.506. The standard InChI is InChI=1S/C25H18Cl3F3N2S/c1-25(2,15-4-7-18(26)20(28)9-15)23-12-32-24(33(23)17-6-8-21(30)22(31)11-17)34-13-14-3-5-16(29)10-19(14)27/h3-12H,13H2,1-2H3. The van der Waals surface area contributed by atoms with Crippen LogP contribution in [0.5, 0.6) is 0 Å². The Balaban J connectivity index is 1.81. The van der Waals surface area contributed by atoms with Gasteiger partial charge in [-0.3, -0.25) is 4.57 Å². The summed E-state index contributed by atoms with van der Waals surface area (Å²) in [7, 11) is 0. The molecule has 4 aromatic rings. The Kier molecular flexibility index (Phi) is 7.25. The Morgan fingerprint density at radius 3 is 2.29 bits per heavy atom. The van der Waals surface area contributed by atoms with Gasteiger partial charge in [-0.1, -0.05) is 72.5 Å². The van der Waals surface area contributed by atoms with Gasteiger partial charge in [-0.25, -0.2) is 18.2 Å². The van der Waals surface area contributed by atoms with Crippen LogP contribution in [0.3, 0.4) is 0 Å². The fourth-order valence-electron chi connectivity index (χ4n) is 3.57. The Labute approximate surface area is 214 Å². The van der Waals surface area contributed by atoms with Crippen molar-refractivity contribution < 1.29 is 13.2 Å². The van der Waals surface area contributed by atoms with Crippen molar-refractivity contribution >= 4 is 46.6 Å². The lowest BCUT2D eigenvalue weighted by Crippen LogP contribution is -2.23. The van der Waals surface area contributed by atoms with Gasteiger partial charge >= 0.3 is 0 Å². The number of benzene rings is 3. The molecule has 0 radical (unpaired) electrons. The molecule has 2 nitrogen and oxygen atoms in total. The zero-order valence-electron chi connectivity index (χ0n) is 18.1. The maximum absolute atomic E-state index is 14.2. The molecule has 0 bridgehead atoms. The number of rotatable bonds is 6. The Hall–Kier alpha value is -2.12. The van der Waals surface area contributed by atoms with E-state index in [1.165, 1.54) is 30.0 Å². The van der Waals surface area contributed by atoms with E-state index in [0.29, 0.717) is 31.7 Å². The summed E-state index contributed by atoms with van der Waals surface area (Å²) in [5.74, 6) is -1.94. The van der Waals surface area contributed by atoms with Crippen molar-refractivity contribution in [3.8, 4) is 5.69 Å². The van der Waals surface area contributed by atoms with Crippen LogP contribution in [0.15, 0.2) is 66.0 Å². The second-order valence-electron chi connectivity index (χ2n) is 8.14. The van der Waals surface area contributed by atoms with Crippen LogP contribution in [0, 0.1) is 17.5 Å². The van der Waals surface area contributed by atoms with E-state index in [-0.39, 0.29) is 0 Å². The minimum absolute atomic E-state index is 0.301. The van der Waals surface area contributed by atoms with Crippen LogP contribution in [0.25, 0.3) is 5.69 Å². The molecule has 0 fully saturated rings. The molecule has 0 amide bonds. The summed E-state index contributed by atoms with van der Waals surface area (Å²) in [5, 5.41) is 1.68. The van der Waals surface area contributed by atoms with Crippen molar-refractivity contribution in [2.45, 2.75) is 30.2 Å². The maximum atomic E-state index is 14.2. The number of thioether (sulfide) groups is 1. The number of nitrogens with zero attached hydrogens (tertiary/aromatic N) is 2. The van der Waals surface area contributed by atoms with Gasteiger partial charge in [0.15, 0.2) is 16.8 Å². The average Bonchev–Trinajstić information content (AvgIpc) is 3.21. The Bertz CT molecular complexity index is 1370. The van der Waals surface area contributed by atoms with Crippen molar-refractivity contribution in [1.29, 1.82) is 0 Å². The molecule has 0 N–H and O–H groups in total. The molecule has 0 atom stereocenters. The summed E-state index contributed by atoms with van der Waals surface area (Å²) >= 11 is 19.9. The highest BCUT2D eigenvalue weighted by atomic mass is 35.5. The maximum Gasteiger partial charge on any atom is 0.173 e. The first kappa shape index (κ1) is 25.0. The van der Waals surface area contributed by atoms with Gasteiger partial charge in [0.05, 0.1) is 27.6 Å². The van der Waals surface area contributed by atoms with Crippen LogP contribution in [0.4, 0.5) is 13.2 Å². The third kappa shape index (κ3) is 4.96. The minimum atomic E-state index is -0.970. The fraction of sp³-hybridized carbons (Fsp3) is 0.160. The molecule has 1 aromatic heterocycles. The summed E-state index contributed by atoms with van der Waals surface area (Å²) in [5.41, 5.74) is 2.09. The molecule has 0 aliphatic heterocycles. The SMILES string of the molecule is CC(C)(c1ccc(Cl)c(Cl)c1)c1cnc(SCc2ccc(F)cc2Cl)n1-c1ccc(F)c(F)c1. The quantitative estimate of drug-likeness (QED) is 0.227. The third-order valence-corrected chi connectivity index (χ3v) is 7.64. The Morgan fingerprint density at radius 1 is 0.853 bits per heavy atom. The van der Waals surface area contributed by atoms with Crippen LogP contribution in [-0.2, 0) is 11.2 Å². The van der Waals surface area contributed by atoms with E-state index in [2.05, 4.69) is 4.98 Å². The van der Waals surface area contributed by atoms with Crippen molar-refractivity contribution in [3.63, 3.8) is 0 Å². The molecule has 0 aliphatic rings. The van der Waals surface area contributed by atoms with Gasteiger partial charge in [0.25, 0.3) is 0 Å². The third-order valence-electron chi connectivity index (χ3n) is 5.54. The van der Waals surface area contributed by atoms with Gasteiger partial charge in [-0.05, 0) is 47.5 Å². The smallest absolute Gasteiger partial charge is 0.173 e. The fourth-order valence-corrected chi connectivity index (χ4v) is 5.17. The second-order valence-corrected chi connectivity index (χ2v) is 10.3. The lowest BCUT2D eigenvalue weighted by atomic mass is 9.81. The summed E-state index contributed by atoms with van der Waals surface area (Å²) in [4.78, 5) is 4.57. The summed E-state index contributed by atoms with van der Waals surface area (Å²) < 4.78 is 43.1. The topological polar surface area (TPSA) is 17.8 Å². The van der Waals surface area contributed by atoms with E-state index >= 15 is 0 Å². The van der Waals surface area contributed by atoms with E-state index in [9.17, 15) is 13.2 Å². The molecular formula is C25H18Cl3F3N2S. The first-order valence-electron chi connectivity index (χ1n) is 10.1. The molecule has 0 spiro atoms. The van der Waals surface area contributed by atoms with Crippen molar-refractivity contribution in [2.24, 2.45) is 0 Å². The van der Waals surface area contributed by atoms with Gasteiger partial charge in [-0.2, -0.15) is 0 Å². The first-order valence-corrected chi connectivity index (χ1v) is 12.3. The predicted octanol–water partition coefficient (Wildman–Crippen LogP) is 8.87. The summed E-state index contributed by atoms with van der Waals surface area (Å²) in [6.45, 7) is 3.95. The number of hydrogen-bond donors (Lipinski definition) is 0. The van der Waals surface area contributed by atoms with Gasteiger partial charge in [0.2, 0.25) is 0 Å². The van der Waals surface area contributed by atoms with Crippen molar-refractivity contribution in [3.05, 3.63) is 110 Å². The number of halogens is 6. The molecule has 3 aromatic carbocycles. The minimum Gasteiger partial charge on any atom is -0.291 e. The van der Waals surface area contributed by atoms with E-state index in [1.807, 2.05) is 19.9 Å². The molecule has 9 heteroatoms. The lowest BCUT2D eigenvalue weighted by Gasteiger charge is -2.28. The zero-order chi connectivity index (χ0) is 24.6. The largest absolute Gasteiger partial charge is 0.291 e. The number of imidazole rings is 1. The highest BCUT2D eigenvalue weighted by Gasteiger charge is 2.30. The molecule has 1 heterocycles. The normalized spacial score (nSPS) is 11.8. The van der Waals surface area contributed by atoms with Crippen LogP contribution in [0.2, 0.25) is 15.1 Å². The van der Waals surface area contributed by atoms with Crippen molar-refractivity contribution in [2.75, 3.05) is 0 Å². The second kappa shape index (κ2) is 9.86. The van der Waals surface area contributed by atoms with Crippen LogP contribution >= 0.6 is 46.6 Å². The summed E-state index contributed by atoms with van der Waals surface area (Å²) in [6.07, 6.45) is 1.69. The Morgan fingerprint density at radius 2 is 1.62 bits per heavy atom. The van der Waals surface area contributed by atoms with Crippen LogP contribution in [-0.4, -0.2) is 9.55 Å². The van der Waals surface area contributed by atoms with Crippen molar-refractivity contribution in [1.82, 2.24) is 9.55 Å². The van der Waals surface area contributed by atoms with E-state index < -0.39 is 22.9 Å². The average molecular weight is 542 g/mol. The molecule has 34 heavy (non-hydrogen) atoms. The summed E-state index contributed by atoms with van der Waals surface area (Å²) in [6, 6.07) is 13.2. The highest BCUT2D eigenvalue weighted by Crippen LogP contribution is 2.39. The van der Waals surface area contributed by atoms with E-state index in [4.69, 9.17) is 34.8 Å². The van der Waals surface area contributed by atoms with Gasteiger partial charge in [-0.15, -0.1) is 0 Å². The van der Waals surface area contributed by atoms with Crippen LogP contribution in [0.1, 0.15) is 30.7 Å². The molecule has 0 unspecified atom stereocenters. The van der Waals surface area contributed by atoms with E-state index in [0.717, 1.165) is 29.0 Å². The molecule has 0 aliphatic carbocycles. The monoisotopic (exact) mass is 540 g/mol. The zero-order valence-corrected chi connectivity index (χ0v) is 21.1. The van der Waals surface area contributed by atoms with E-state index in [1.54, 1.807) is 29.0 Å². The number of hydrogen-bond acceptors (Lipinski definition) is 2.